The van der Waals surface area contributed by atoms with Crippen LogP contribution >= 0.6 is 0 Å². The van der Waals surface area contributed by atoms with Crippen molar-refractivity contribution in [3.63, 3.8) is 0 Å². The molecule has 0 aromatic heterocycles. The number of unbranched alkanes of at least 4 members (excludes halogenated alkanes) is 1. The highest BCUT2D eigenvalue weighted by atomic mass is 19.1. The van der Waals surface area contributed by atoms with E-state index >= 15 is 0 Å². The van der Waals surface area contributed by atoms with Gasteiger partial charge in [-0.15, -0.1) is 0 Å². The minimum absolute atomic E-state index is 0.204. The predicted molar refractivity (Wildman–Crippen MR) is 73.5 cm³/mol. The highest BCUT2D eigenvalue weighted by molar-refractivity contribution is 5.61. The molecule has 0 unspecified atom stereocenters. The quantitative estimate of drug-likeness (QED) is 0.406. The molecule has 0 spiro atoms. The molecule has 0 amide bonds. The van der Waals surface area contributed by atoms with Gasteiger partial charge in [0.25, 0.3) is 0 Å². The summed E-state index contributed by atoms with van der Waals surface area (Å²) in [7, 11) is 1.61. The van der Waals surface area contributed by atoms with Gasteiger partial charge >= 0.3 is 5.69 Å². The molecule has 0 atom stereocenters. The number of halogens is 1. The van der Waals surface area contributed by atoms with Gasteiger partial charge in [0.15, 0.2) is 0 Å². The number of para-hydroxylation sites is 1. The molecule has 0 saturated heterocycles. The average molecular weight is 286 g/mol. The van der Waals surface area contributed by atoms with E-state index in [-0.39, 0.29) is 5.69 Å². The molecule has 1 aromatic rings. The molecule has 0 aliphatic carbocycles. The third-order valence-corrected chi connectivity index (χ3v) is 2.63. The lowest BCUT2D eigenvalue weighted by atomic mass is 10.2. The summed E-state index contributed by atoms with van der Waals surface area (Å²) in [6.45, 7) is 2.25. The van der Waals surface area contributed by atoms with Crippen molar-refractivity contribution in [3.8, 4) is 0 Å². The van der Waals surface area contributed by atoms with E-state index in [1.807, 2.05) is 0 Å². The van der Waals surface area contributed by atoms with Crippen LogP contribution in [0.25, 0.3) is 0 Å². The van der Waals surface area contributed by atoms with Gasteiger partial charge in [0, 0.05) is 20.3 Å². The number of ether oxygens (including phenoxy) is 2. The van der Waals surface area contributed by atoms with Crippen LogP contribution in [0.2, 0.25) is 0 Å². The Hall–Kier alpha value is -1.73. The number of hydrogen-bond donors (Lipinski definition) is 1. The Kier molecular flexibility index (Phi) is 7.52. The van der Waals surface area contributed by atoms with Crippen LogP contribution in [0.1, 0.15) is 12.8 Å². The van der Waals surface area contributed by atoms with Gasteiger partial charge < -0.3 is 14.8 Å². The molecule has 0 heterocycles. The van der Waals surface area contributed by atoms with E-state index in [9.17, 15) is 14.5 Å². The number of methoxy groups -OCH3 is 1. The van der Waals surface area contributed by atoms with Crippen LogP contribution in [0.4, 0.5) is 15.8 Å². The summed E-state index contributed by atoms with van der Waals surface area (Å²) in [6, 6.07) is 4.02. The van der Waals surface area contributed by atoms with Gasteiger partial charge in [0.05, 0.1) is 18.1 Å². The smallest absolute Gasteiger partial charge is 0.327 e. The minimum Gasteiger partial charge on any atom is -0.382 e. The highest BCUT2D eigenvalue weighted by Crippen LogP contribution is 2.26. The van der Waals surface area contributed by atoms with Crippen molar-refractivity contribution in [3.05, 3.63) is 34.1 Å². The Morgan fingerprint density at radius 2 is 2.10 bits per heavy atom. The molecular weight excluding hydrogens is 267 g/mol. The third-order valence-electron chi connectivity index (χ3n) is 2.63. The summed E-state index contributed by atoms with van der Waals surface area (Å²) in [5.74, 6) is -0.831. The Morgan fingerprint density at radius 3 is 2.80 bits per heavy atom. The first-order valence-corrected chi connectivity index (χ1v) is 6.40. The minimum atomic E-state index is -0.831. The van der Waals surface area contributed by atoms with E-state index < -0.39 is 16.4 Å². The van der Waals surface area contributed by atoms with Gasteiger partial charge in [-0.3, -0.25) is 10.1 Å². The summed E-state index contributed by atoms with van der Waals surface area (Å²) < 4.78 is 23.5. The highest BCUT2D eigenvalue weighted by Gasteiger charge is 2.18. The topological polar surface area (TPSA) is 73.6 Å². The van der Waals surface area contributed by atoms with E-state index in [4.69, 9.17) is 9.47 Å². The van der Waals surface area contributed by atoms with E-state index in [0.717, 1.165) is 18.9 Å². The van der Waals surface area contributed by atoms with Gasteiger partial charge in [-0.25, -0.2) is 0 Å². The molecule has 0 radical (unpaired) electrons. The summed E-state index contributed by atoms with van der Waals surface area (Å²) in [5, 5.41) is 13.6. The number of nitro groups is 1. The number of nitrogens with zero attached hydrogens (tertiary/aromatic N) is 1. The van der Waals surface area contributed by atoms with Crippen LogP contribution in [-0.2, 0) is 9.47 Å². The maximum absolute atomic E-state index is 13.3. The SMILES string of the molecule is COCCOCCCCNc1cccc(F)c1[N+](=O)[O-]. The van der Waals surface area contributed by atoms with Gasteiger partial charge in [0.1, 0.15) is 5.69 Å². The maximum atomic E-state index is 13.3. The summed E-state index contributed by atoms with van der Waals surface area (Å²) in [5.41, 5.74) is -0.306. The van der Waals surface area contributed by atoms with Crippen molar-refractivity contribution in [2.45, 2.75) is 12.8 Å². The second-order valence-corrected chi connectivity index (χ2v) is 4.13. The fourth-order valence-electron chi connectivity index (χ4n) is 1.64. The maximum Gasteiger partial charge on any atom is 0.327 e. The lowest BCUT2D eigenvalue weighted by Gasteiger charge is -2.07. The first-order valence-electron chi connectivity index (χ1n) is 6.40. The van der Waals surface area contributed by atoms with E-state index in [0.29, 0.717) is 26.4 Å². The first kappa shape index (κ1) is 16.3. The van der Waals surface area contributed by atoms with Crippen molar-refractivity contribution < 1.29 is 18.8 Å². The van der Waals surface area contributed by atoms with Gasteiger partial charge in [-0.05, 0) is 25.0 Å². The summed E-state index contributed by atoms with van der Waals surface area (Å²) in [4.78, 5) is 10.1. The van der Waals surface area contributed by atoms with Crippen LogP contribution in [0, 0.1) is 15.9 Å². The van der Waals surface area contributed by atoms with Gasteiger partial charge in [-0.2, -0.15) is 4.39 Å². The number of benzene rings is 1. The Bertz CT molecular complexity index is 429. The fraction of sp³-hybridized carbons (Fsp3) is 0.538. The van der Waals surface area contributed by atoms with Crippen LogP contribution in [-0.4, -0.2) is 38.4 Å². The largest absolute Gasteiger partial charge is 0.382 e. The van der Waals surface area contributed by atoms with Crippen molar-refractivity contribution >= 4 is 11.4 Å². The summed E-state index contributed by atoms with van der Waals surface area (Å²) >= 11 is 0. The molecule has 0 saturated carbocycles. The molecule has 0 aliphatic heterocycles. The lowest BCUT2D eigenvalue weighted by molar-refractivity contribution is -0.386. The van der Waals surface area contributed by atoms with Crippen molar-refractivity contribution in [1.29, 1.82) is 0 Å². The zero-order valence-corrected chi connectivity index (χ0v) is 11.4. The molecule has 0 fully saturated rings. The number of nitrogens with one attached hydrogen (secondary N) is 1. The van der Waals surface area contributed by atoms with Crippen molar-refractivity contribution in [1.82, 2.24) is 0 Å². The molecule has 1 rings (SSSR count). The number of anilines is 1. The number of rotatable bonds is 10. The Morgan fingerprint density at radius 1 is 1.30 bits per heavy atom. The normalized spacial score (nSPS) is 10.5. The van der Waals surface area contributed by atoms with Crippen molar-refractivity contribution in [2.24, 2.45) is 0 Å². The molecule has 0 aliphatic rings. The lowest BCUT2D eigenvalue weighted by Crippen LogP contribution is -2.08. The monoisotopic (exact) mass is 286 g/mol. The van der Waals surface area contributed by atoms with Crippen LogP contribution in [0.5, 0.6) is 0 Å². The molecule has 6 nitrogen and oxygen atoms in total. The van der Waals surface area contributed by atoms with E-state index in [1.54, 1.807) is 7.11 Å². The van der Waals surface area contributed by atoms with E-state index in [2.05, 4.69) is 5.32 Å². The second kappa shape index (κ2) is 9.22. The van der Waals surface area contributed by atoms with Gasteiger partial charge in [-0.1, -0.05) is 6.07 Å². The Balaban J connectivity index is 2.29. The second-order valence-electron chi connectivity index (χ2n) is 4.13. The standard InChI is InChI=1S/C13H19FN2O4/c1-19-9-10-20-8-3-2-7-15-12-6-4-5-11(14)13(12)16(17)18/h4-6,15H,2-3,7-10H2,1H3. The number of hydrogen-bond acceptors (Lipinski definition) is 5. The molecule has 20 heavy (non-hydrogen) atoms. The first-order chi connectivity index (χ1) is 9.66. The van der Waals surface area contributed by atoms with E-state index in [1.165, 1.54) is 12.1 Å². The molecule has 112 valence electrons. The average Bonchev–Trinajstić information content (AvgIpc) is 2.41. The van der Waals surface area contributed by atoms with Crippen LogP contribution in [0.3, 0.4) is 0 Å². The number of nitro benzene ring substituents is 1. The molecular formula is C13H19FN2O4. The Labute approximate surface area is 117 Å². The fourth-order valence-corrected chi connectivity index (χ4v) is 1.64. The molecule has 1 aromatic carbocycles. The molecule has 1 N–H and O–H groups in total. The van der Waals surface area contributed by atoms with Gasteiger partial charge in [0.2, 0.25) is 5.82 Å². The molecule has 7 heteroatoms. The zero-order chi connectivity index (χ0) is 14.8. The zero-order valence-electron chi connectivity index (χ0n) is 11.4. The van der Waals surface area contributed by atoms with Crippen LogP contribution < -0.4 is 5.32 Å². The van der Waals surface area contributed by atoms with Crippen LogP contribution in [0.15, 0.2) is 18.2 Å². The molecule has 0 bridgehead atoms. The summed E-state index contributed by atoms with van der Waals surface area (Å²) in [6.07, 6.45) is 1.60. The third kappa shape index (κ3) is 5.50. The van der Waals surface area contributed by atoms with Crippen molar-refractivity contribution in [2.75, 3.05) is 38.8 Å². The predicted octanol–water partition coefficient (Wildman–Crippen LogP) is 2.59.